The Labute approximate surface area is 121 Å². The molecule has 19 heavy (non-hydrogen) atoms. The van der Waals surface area contributed by atoms with Gasteiger partial charge in [0, 0.05) is 0 Å². The van der Waals surface area contributed by atoms with Crippen LogP contribution in [0, 0.1) is 0 Å². The van der Waals surface area contributed by atoms with Crippen LogP contribution < -0.4 is 0 Å². The average molecular weight is 367 g/mol. The second kappa shape index (κ2) is 7.46. The van der Waals surface area contributed by atoms with E-state index in [0.717, 1.165) is 26.1 Å². The monoisotopic (exact) mass is 368 g/mol. The maximum atomic E-state index is 6.43. The van der Waals surface area contributed by atoms with E-state index in [2.05, 4.69) is 62.5 Å². The van der Waals surface area contributed by atoms with Gasteiger partial charge in [-0.3, -0.25) is 0 Å². The van der Waals surface area contributed by atoms with Gasteiger partial charge in [-0.25, -0.2) is 0 Å². The van der Waals surface area contributed by atoms with Gasteiger partial charge in [-0.05, 0) is 0 Å². The Hall–Kier alpha value is -0.321. The molecule has 2 rings (SSSR count). The predicted octanol–water partition coefficient (Wildman–Crippen LogP) is 4.27. The molecule has 0 atom stereocenters. The Morgan fingerprint density at radius 1 is 0.737 bits per heavy atom. The Morgan fingerprint density at radius 2 is 1.11 bits per heavy atom. The molecule has 104 valence electrons. The maximum absolute atomic E-state index is 6.43. The molecule has 0 amide bonds. The van der Waals surface area contributed by atoms with Crippen molar-refractivity contribution in [2.45, 2.75) is 34.6 Å². The minimum absolute atomic E-state index is 0.393. The van der Waals surface area contributed by atoms with Crippen LogP contribution in [0.2, 0.25) is 7.87 Å². The molecule has 0 spiro atoms. The van der Waals surface area contributed by atoms with Gasteiger partial charge < -0.3 is 0 Å². The summed E-state index contributed by atoms with van der Waals surface area (Å²) in [4.78, 5) is 0. The molecule has 0 radical (unpaired) electrons. The number of hydrogen-bond acceptors (Lipinski definition) is 2. The second-order valence-electron chi connectivity index (χ2n) is 5.01. The van der Waals surface area contributed by atoms with E-state index in [-0.39, 0.29) is 0 Å². The van der Waals surface area contributed by atoms with Crippen LogP contribution in [0.15, 0.2) is 48.6 Å². The van der Waals surface area contributed by atoms with Crippen molar-refractivity contribution in [2.24, 2.45) is 0 Å². The standard InChI is InChI=1S/2C5H5.2C3H7O.Sn/c2*1-2-4-5-3-1;2*1-2-3-4;/h2*1-5H;2*2-3H2,1H3;/q;;2*-1;+2. The third-order valence-corrected chi connectivity index (χ3v) is 14.7. The van der Waals surface area contributed by atoms with Crippen molar-refractivity contribution in [1.82, 2.24) is 0 Å². The zero-order valence-corrected chi connectivity index (χ0v) is 14.8. The van der Waals surface area contributed by atoms with Gasteiger partial charge in [-0.1, -0.05) is 0 Å². The summed E-state index contributed by atoms with van der Waals surface area (Å²) in [5, 5.41) is 0. The van der Waals surface area contributed by atoms with E-state index < -0.39 is 19.2 Å². The molecule has 0 N–H and O–H groups in total. The minimum atomic E-state index is -3.21. The van der Waals surface area contributed by atoms with Gasteiger partial charge >= 0.3 is 122 Å². The van der Waals surface area contributed by atoms with Crippen molar-refractivity contribution in [3.8, 4) is 0 Å². The first-order valence-electron chi connectivity index (χ1n) is 7.31. The van der Waals surface area contributed by atoms with Crippen molar-refractivity contribution < 1.29 is 6.15 Å². The molecule has 2 aliphatic carbocycles. The molecule has 0 aromatic rings. The van der Waals surface area contributed by atoms with Crippen LogP contribution in [-0.4, -0.2) is 32.4 Å². The molecule has 0 saturated carbocycles. The summed E-state index contributed by atoms with van der Waals surface area (Å²) in [6, 6.07) is 0. The average Bonchev–Trinajstić information content (AvgIpc) is 3.12. The van der Waals surface area contributed by atoms with Gasteiger partial charge in [0.1, 0.15) is 0 Å². The Balaban J connectivity index is 2.25. The van der Waals surface area contributed by atoms with Crippen LogP contribution in [0.1, 0.15) is 26.7 Å². The van der Waals surface area contributed by atoms with Crippen molar-refractivity contribution in [3.05, 3.63) is 48.6 Å². The van der Waals surface area contributed by atoms with E-state index in [9.17, 15) is 0 Å². The van der Waals surface area contributed by atoms with E-state index in [1.165, 1.54) is 0 Å². The number of allylic oxidation sites excluding steroid dienone is 8. The summed E-state index contributed by atoms with van der Waals surface area (Å²) < 4.78 is 13.6. The normalized spacial score (nSPS) is 19.1. The first kappa shape index (κ1) is 15.1. The van der Waals surface area contributed by atoms with E-state index in [1.807, 2.05) is 0 Å². The fraction of sp³-hybridized carbons (Fsp3) is 0.500. The molecule has 2 nitrogen and oxygen atoms in total. The van der Waals surface area contributed by atoms with Crippen molar-refractivity contribution >= 4 is 19.2 Å². The molecule has 0 bridgehead atoms. The van der Waals surface area contributed by atoms with Crippen LogP contribution in [0.4, 0.5) is 0 Å². The predicted molar refractivity (Wildman–Crippen MR) is 82.3 cm³/mol. The van der Waals surface area contributed by atoms with Crippen LogP contribution in [0.5, 0.6) is 0 Å². The van der Waals surface area contributed by atoms with Gasteiger partial charge in [0.2, 0.25) is 0 Å². The molecule has 0 heterocycles. The van der Waals surface area contributed by atoms with Gasteiger partial charge in [0.25, 0.3) is 0 Å². The molecule has 0 saturated heterocycles. The van der Waals surface area contributed by atoms with E-state index >= 15 is 0 Å². The zero-order valence-electron chi connectivity index (χ0n) is 11.9. The fourth-order valence-corrected chi connectivity index (χ4v) is 13.6. The number of rotatable bonds is 8. The second-order valence-corrected chi connectivity index (χ2v) is 14.6. The summed E-state index contributed by atoms with van der Waals surface area (Å²) in [5.74, 6) is 0. The fourth-order valence-electron chi connectivity index (χ4n) is 2.57. The van der Waals surface area contributed by atoms with Crippen LogP contribution in [0.25, 0.3) is 0 Å². The third-order valence-electron chi connectivity index (χ3n) is 3.49. The summed E-state index contributed by atoms with van der Waals surface area (Å²) in [6.45, 7) is 5.96. The quantitative estimate of drug-likeness (QED) is 0.597. The van der Waals surface area contributed by atoms with Gasteiger partial charge in [0.05, 0.1) is 0 Å². The summed E-state index contributed by atoms with van der Waals surface area (Å²) in [7, 11) is 0. The molecule has 0 aromatic heterocycles. The summed E-state index contributed by atoms with van der Waals surface area (Å²) in [6.07, 6.45) is 19.7. The molecule has 2 aliphatic rings. The van der Waals surface area contributed by atoms with Gasteiger partial charge in [-0.2, -0.15) is 0 Å². The van der Waals surface area contributed by atoms with Gasteiger partial charge in [-0.15, -0.1) is 0 Å². The first-order chi connectivity index (χ1) is 9.33. The summed E-state index contributed by atoms with van der Waals surface area (Å²) in [5.41, 5.74) is 0. The SMILES string of the molecule is CCC[O][Sn]([O]CCC)([CH]1C=CC=C1)[CH]1C=CC=C1. The molecule has 0 unspecified atom stereocenters. The summed E-state index contributed by atoms with van der Waals surface area (Å²) >= 11 is -3.21. The van der Waals surface area contributed by atoms with Crippen LogP contribution in [0.3, 0.4) is 0 Å². The molecule has 3 heteroatoms. The van der Waals surface area contributed by atoms with E-state index in [0.29, 0.717) is 7.87 Å². The Kier molecular flexibility index (Phi) is 5.92. The topological polar surface area (TPSA) is 18.5 Å². The third kappa shape index (κ3) is 3.41. The molecular weight excluding hydrogens is 343 g/mol. The molecular formula is C16H24O2Sn. The first-order valence-corrected chi connectivity index (χ1v) is 12.9. The van der Waals surface area contributed by atoms with Crippen LogP contribution >= 0.6 is 0 Å². The Bertz CT molecular complexity index is 334. The van der Waals surface area contributed by atoms with Crippen molar-refractivity contribution in [1.29, 1.82) is 0 Å². The zero-order chi connectivity index (χ0) is 13.6. The molecule has 0 aromatic carbocycles. The molecule has 0 aliphatic heterocycles. The van der Waals surface area contributed by atoms with E-state index in [4.69, 9.17) is 6.15 Å². The molecule has 0 fully saturated rings. The van der Waals surface area contributed by atoms with Crippen molar-refractivity contribution in [3.63, 3.8) is 0 Å². The van der Waals surface area contributed by atoms with E-state index in [1.54, 1.807) is 0 Å². The van der Waals surface area contributed by atoms with Crippen LogP contribution in [-0.2, 0) is 6.15 Å². The number of hydrogen-bond donors (Lipinski definition) is 0. The Morgan fingerprint density at radius 3 is 1.42 bits per heavy atom. The van der Waals surface area contributed by atoms with Gasteiger partial charge in [0.15, 0.2) is 0 Å². The van der Waals surface area contributed by atoms with Crippen molar-refractivity contribution in [2.75, 3.05) is 13.2 Å².